The van der Waals surface area contributed by atoms with Gasteiger partial charge in [0.1, 0.15) is 5.82 Å². The minimum Gasteiger partial charge on any atom is -0.462 e. The zero-order chi connectivity index (χ0) is 19.2. The second-order valence-electron chi connectivity index (χ2n) is 5.52. The number of fused-ring (bicyclic) bond motifs is 1. The summed E-state index contributed by atoms with van der Waals surface area (Å²) in [5.41, 5.74) is 1.17. The molecule has 140 valence electrons. The Kier molecular flexibility index (Phi) is 6.41. The summed E-state index contributed by atoms with van der Waals surface area (Å²) in [4.78, 5) is 29.2. The largest absolute Gasteiger partial charge is 0.462 e. The van der Waals surface area contributed by atoms with Crippen LogP contribution in [0.5, 0.6) is 0 Å². The molecule has 0 saturated heterocycles. The minimum atomic E-state index is -0.379. The molecule has 1 aromatic heterocycles. The second kappa shape index (κ2) is 8.96. The number of nitrogens with one attached hydrogen (secondary N) is 1. The normalized spacial score (nSPS) is 10.7. The summed E-state index contributed by atoms with van der Waals surface area (Å²) in [6, 6.07) is 11.3. The van der Waals surface area contributed by atoms with Gasteiger partial charge in [0, 0.05) is 17.1 Å². The molecular formula is C19H17FN2O3S2. The van der Waals surface area contributed by atoms with Crippen molar-refractivity contribution in [1.82, 2.24) is 4.98 Å². The van der Waals surface area contributed by atoms with E-state index in [1.165, 1.54) is 35.2 Å². The maximum atomic E-state index is 12.9. The molecule has 0 atom stereocenters. The predicted molar refractivity (Wildman–Crippen MR) is 106 cm³/mol. The molecule has 0 bridgehead atoms. The fourth-order valence-electron chi connectivity index (χ4n) is 2.29. The molecule has 1 N–H and O–H groups in total. The van der Waals surface area contributed by atoms with Gasteiger partial charge in [-0.3, -0.25) is 4.79 Å². The van der Waals surface area contributed by atoms with E-state index >= 15 is 0 Å². The number of nitrogens with zero attached hydrogens (tertiary/aromatic N) is 1. The Morgan fingerprint density at radius 2 is 2.00 bits per heavy atom. The molecule has 0 saturated carbocycles. The lowest BCUT2D eigenvalue weighted by Crippen LogP contribution is -2.11. The first-order valence-corrected chi connectivity index (χ1v) is 10.1. The van der Waals surface area contributed by atoms with Crippen LogP contribution in [0.15, 0.2) is 47.4 Å². The second-order valence-corrected chi connectivity index (χ2v) is 7.72. The van der Waals surface area contributed by atoms with Gasteiger partial charge >= 0.3 is 5.97 Å². The highest BCUT2D eigenvalue weighted by atomic mass is 32.2. The number of aromatic nitrogens is 1. The monoisotopic (exact) mass is 404 g/mol. The van der Waals surface area contributed by atoms with Crippen molar-refractivity contribution in [2.24, 2.45) is 0 Å². The van der Waals surface area contributed by atoms with E-state index in [1.54, 1.807) is 37.3 Å². The van der Waals surface area contributed by atoms with Gasteiger partial charge in [-0.25, -0.2) is 14.2 Å². The van der Waals surface area contributed by atoms with E-state index in [0.717, 1.165) is 9.60 Å². The van der Waals surface area contributed by atoms with Crippen LogP contribution in [-0.4, -0.2) is 29.2 Å². The number of anilines is 1. The van der Waals surface area contributed by atoms with E-state index in [-0.39, 0.29) is 17.7 Å². The fourth-order valence-corrected chi connectivity index (χ4v) is 4.07. The Labute approximate surface area is 163 Å². The van der Waals surface area contributed by atoms with E-state index < -0.39 is 0 Å². The Morgan fingerprint density at radius 1 is 1.22 bits per heavy atom. The number of ether oxygens (including phenoxy) is 1. The standard InChI is InChI=1S/C19H17FN2O3S2/c1-2-25-18(24)12-3-8-15-16(11-12)27-19(21-15)22-17(23)9-10-26-14-6-4-13(20)5-7-14/h3-8,11H,2,9-10H2,1H3,(H,21,22,23). The van der Waals surface area contributed by atoms with Crippen molar-refractivity contribution in [2.45, 2.75) is 18.2 Å². The lowest BCUT2D eigenvalue weighted by atomic mass is 10.2. The smallest absolute Gasteiger partial charge is 0.338 e. The van der Waals surface area contributed by atoms with Gasteiger partial charge in [0.2, 0.25) is 5.91 Å². The van der Waals surface area contributed by atoms with Crippen molar-refractivity contribution in [2.75, 3.05) is 17.7 Å². The highest BCUT2D eigenvalue weighted by Crippen LogP contribution is 2.27. The lowest BCUT2D eigenvalue weighted by molar-refractivity contribution is -0.115. The molecule has 8 heteroatoms. The summed E-state index contributed by atoms with van der Waals surface area (Å²) in [6.45, 7) is 2.07. The number of thioether (sulfide) groups is 1. The molecule has 1 amide bonds. The topological polar surface area (TPSA) is 68.3 Å². The highest BCUT2D eigenvalue weighted by Gasteiger charge is 2.12. The SMILES string of the molecule is CCOC(=O)c1ccc2nc(NC(=O)CCSc3ccc(F)cc3)sc2c1. The van der Waals surface area contributed by atoms with Crippen LogP contribution in [-0.2, 0) is 9.53 Å². The quantitative estimate of drug-likeness (QED) is 0.455. The average molecular weight is 404 g/mol. The number of carbonyl (C=O) groups excluding carboxylic acids is 2. The van der Waals surface area contributed by atoms with Gasteiger partial charge in [0.25, 0.3) is 0 Å². The third kappa shape index (κ3) is 5.27. The molecule has 0 unspecified atom stereocenters. The minimum absolute atomic E-state index is 0.144. The van der Waals surface area contributed by atoms with Crippen LogP contribution >= 0.6 is 23.1 Å². The number of benzene rings is 2. The van der Waals surface area contributed by atoms with Gasteiger partial charge in [-0.2, -0.15) is 0 Å². The summed E-state index contributed by atoms with van der Waals surface area (Å²) in [7, 11) is 0. The van der Waals surface area contributed by atoms with Crippen molar-refractivity contribution in [3.63, 3.8) is 0 Å². The van der Waals surface area contributed by atoms with Crippen molar-refractivity contribution < 1.29 is 18.7 Å². The van der Waals surface area contributed by atoms with Gasteiger partial charge in [0.05, 0.1) is 22.4 Å². The average Bonchev–Trinajstić information content (AvgIpc) is 3.04. The van der Waals surface area contributed by atoms with Crippen LogP contribution in [0.25, 0.3) is 10.2 Å². The summed E-state index contributed by atoms with van der Waals surface area (Å²) < 4.78 is 18.7. The molecule has 0 radical (unpaired) electrons. The first kappa shape index (κ1) is 19.3. The molecule has 0 aliphatic heterocycles. The first-order valence-electron chi connectivity index (χ1n) is 8.31. The number of hydrogen-bond acceptors (Lipinski definition) is 6. The van der Waals surface area contributed by atoms with E-state index in [1.807, 2.05) is 0 Å². The Balaban J connectivity index is 1.56. The number of esters is 1. The Bertz CT molecular complexity index is 957. The fraction of sp³-hybridized carbons (Fsp3) is 0.211. The zero-order valence-corrected chi connectivity index (χ0v) is 16.2. The summed E-state index contributed by atoms with van der Waals surface area (Å²) in [6.07, 6.45) is 0.312. The molecule has 3 aromatic rings. The molecule has 0 fully saturated rings. The van der Waals surface area contributed by atoms with E-state index in [0.29, 0.717) is 35.0 Å². The van der Waals surface area contributed by atoms with Crippen LogP contribution in [0.2, 0.25) is 0 Å². The molecule has 0 spiro atoms. The highest BCUT2D eigenvalue weighted by molar-refractivity contribution is 7.99. The molecule has 27 heavy (non-hydrogen) atoms. The molecule has 0 aliphatic carbocycles. The molecule has 0 aliphatic rings. The van der Waals surface area contributed by atoms with Gasteiger partial charge in [-0.1, -0.05) is 11.3 Å². The lowest BCUT2D eigenvalue weighted by Gasteiger charge is -2.02. The summed E-state index contributed by atoms with van der Waals surface area (Å²) >= 11 is 2.79. The summed E-state index contributed by atoms with van der Waals surface area (Å²) in [5, 5.41) is 3.27. The molecule has 2 aromatic carbocycles. The van der Waals surface area contributed by atoms with E-state index in [2.05, 4.69) is 10.3 Å². The number of thiazole rings is 1. The zero-order valence-electron chi connectivity index (χ0n) is 14.5. The van der Waals surface area contributed by atoms with Crippen molar-refractivity contribution in [3.05, 3.63) is 53.8 Å². The summed E-state index contributed by atoms with van der Waals surface area (Å²) in [5.74, 6) is -0.223. The maximum Gasteiger partial charge on any atom is 0.338 e. The van der Waals surface area contributed by atoms with Crippen molar-refractivity contribution in [1.29, 1.82) is 0 Å². The van der Waals surface area contributed by atoms with Crippen LogP contribution in [0.4, 0.5) is 9.52 Å². The van der Waals surface area contributed by atoms with Gasteiger partial charge in [-0.15, -0.1) is 11.8 Å². The molecule has 1 heterocycles. The van der Waals surface area contributed by atoms with Gasteiger partial charge in [0.15, 0.2) is 5.13 Å². The molecule has 3 rings (SSSR count). The van der Waals surface area contributed by atoms with Crippen molar-refractivity contribution in [3.8, 4) is 0 Å². The predicted octanol–water partition coefficient (Wildman–Crippen LogP) is 4.73. The number of hydrogen-bond donors (Lipinski definition) is 1. The van der Waals surface area contributed by atoms with E-state index in [9.17, 15) is 14.0 Å². The van der Waals surface area contributed by atoms with Crippen LogP contribution in [0.1, 0.15) is 23.7 Å². The molecular weight excluding hydrogens is 387 g/mol. The maximum absolute atomic E-state index is 12.9. The Hall–Kier alpha value is -2.45. The Morgan fingerprint density at radius 3 is 2.74 bits per heavy atom. The number of carbonyl (C=O) groups is 2. The van der Waals surface area contributed by atoms with Crippen LogP contribution in [0.3, 0.4) is 0 Å². The number of rotatable bonds is 7. The number of amides is 1. The molecule has 5 nitrogen and oxygen atoms in total. The number of halogens is 1. The van der Waals surface area contributed by atoms with Crippen LogP contribution < -0.4 is 5.32 Å². The van der Waals surface area contributed by atoms with E-state index in [4.69, 9.17) is 4.74 Å². The van der Waals surface area contributed by atoms with Gasteiger partial charge < -0.3 is 10.1 Å². The van der Waals surface area contributed by atoms with Crippen LogP contribution in [0, 0.1) is 5.82 Å². The van der Waals surface area contributed by atoms with Crippen molar-refractivity contribution >= 4 is 50.3 Å². The van der Waals surface area contributed by atoms with Gasteiger partial charge in [-0.05, 0) is 49.4 Å². The third-order valence-electron chi connectivity index (χ3n) is 3.56. The first-order chi connectivity index (χ1) is 13.0. The third-order valence-corrected chi connectivity index (χ3v) is 5.50.